The lowest BCUT2D eigenvalue weighted by Gasteiger charge is -2.63. The molecule has 29 heavy (non-hydrogen) atoms. The zero-order valence-electron chi connectivity index (χ0n) is 18.7. The summed E-state index contributed by atoms with van der Waals surface area (Å²) in [7, 11) is 0. The third-order valence-corrected chi connectivity index (χ3v) is 9.82. The Morgan fingerprint density at radius 1 is 1.10 bits per heavy atom. The Kier molecular flexibility index (Phi) is 5.71. The fourth-order valence-corrected chi connectivity index (χ4v) is 8.06. The molecule has 4 nitrogen and oxygen atoms in total. The van der Waals surface area contributed by atoms with Gasteiger partial charge in [-0.25, -0.2) is 0 Å². The highest BCUT2D eigenvalue weighted by atomic mass is 16.3. The normalized spacial score (nSPS) is 49.2. The zero-order valence-corrected chi connectivity index (χ0v) is 18.7. The number of aliphatic hydroxyl groups excluding tert-OH is 3. The van der Waals surface area contributed by atoms with Crippen molar-refractivity contribution in [1.82, 2.24) is 0 Å². The van der Waals surface area contributed by atoms with Crippen molar-refractivity contribution in [2.24, 2.45) is 34.5 Å². The van der Waals surface area contributed by atoms with E-state index < -0.39 is 6.10 Å². The van der Waals surface area contributed by atoms with Crippen molar-refractivity contribution in [2.45, 2.75) is 104 Å². The highest BCUT2D eigenvalue weighted by Crippen LogP contribution is 2.69. The summed E-state index contributed by atoms with van der Waals surface area (Å²) in [4.78, 5) is 11.5. The second kappa shape index (κ2) is 7.60. The molecule has 2 radical (unpaired) electrons. The molecule has 9 atom stereocenters. The maximum atomic E-state index is 11.5. The average molecular weight is 405 g/mol. The average Bonchev–Trinajstić information content (AvgIpc) is 3.01. The Morgan fingerprint density at radius 3 is 2.52 bits per heavy atom. The molecule has 0 aliphatic heterocycles. The van der Waals surface area contributed by atoms with Crippen LogP contribution in [0.3, 0.4) is 0 Å². The largest absolute Gasteiger partial charge is 0.393 e. The summed E-state index contributed by atoms with van der Waals surface area (Å²) >= 11 is 0. The third-order valence-electron chi connectivity index (χ3n) is 9.82. The van der Waals surface area contributed by atoms with Crippen molar-refractivity contribution in [3.63, 3.8) is 0 Å². The van der Waals surface area contributed by atoms with Crippen molar-refractivity contribution in [3.8, 4) is 0 Å². The Morgan fingerprint density at radius 2 is 1.83 bits per heavy atom. The van der Waals surface area contributed by atoms with E-state index in [1.54, 1.807) is 6.92 Å². The van der Waals surface area contributed by atoms with Gasteiger partial charge in [-0.2, -0.15) is 0 Å². The van der Waals surface area contributed by atoms with E-state index in [1.807, 2.05) is 0 Å². The molecule has 3 N–H and O–H groups in total. The molecule has 0 saturated heterocycles. The van der Waals surface area contributed by atoms with E-state index in [4.69, 9.17) is 0 Å². The Labute approximate surface area is 176 Å². The minimum absolute atomic E-state index is 0.00837. The maximum absolute atomic E-state index is 11.5. The van der Waals surface area contributed by atoms with Crippen LogP contribution in [-0.4, -0.2) is 39.4 Å². The summed E-state index contributed by atoms with van der Waals surface area (Å²) in [6.07, 6.45) is 6.45. The van der Waals surface area contributed by atoms with Gasteiger partial charge in [0.1, 0.15) is 5.78 Å². The van der Waals surface area contributed by atoms with Crippen molar-refractivity contribution >= 4 is 5.78 Å². The molecular formula is C25H40O4. The van der Waals surface area contributed by atoms with E-state index in [0.29, 0.717) is 31.1 Å². The van der Waals surface area contributed by atoms with Crippen molar-refractivity contribution in [3.05, 3.63) is 11.8 Å². The van der Waals surface area contributed by atoms with E-state index in [1.165, 1.54) is 11.8 Å². The number of Topliss-reactive ketones (excluding diaryl/α,β-unsaturated/α-hetero) is 1. The van der Waals surface area contributed by atoms with Crippen LogP contribution in [0.2, 0.25) is 0 Å². The minimum Gasteiger partial charge on any atom is -0.393 e. The molecule has 0 aromatic rings. The summed E-state index contributed by atoms with van der Waals surface area (Å²) in [6, 6.07) is 0. The summed E-state index contributed by atoms with van der Waals surface area (Å²) in [5.74, 6) is 4.17. The molecule has 0 bridgehead atoms. The van der Waals surface area contributed by atoms with Gasteiger partial charge >= 0.3 is 0 Å². The molecule has 4 rings (SSSR count). The summed E-state index contributed by atoms with van der Waals surface area (Å²) < 4.78 is 0. The van der Waals surface area contributed by atoms with Crippen LogP contribution in [0.5, 0.6) is 0 Å². The molecule has 164 valence electrons. The lowest BCUT2D eigenvalue weighted by atomic mass is 9.43. The molecule has 0 aromatic heterocycles. The molecule has 4 aliphatic carbocycles. The lowest BCUT2D eigenvalue weighted by molar-refractivity contribution is -0.122. The van der Waals surface area contributed by atoms with Crippen LogP contribution in [0.15, 0.2) is 0 Å². The molecule has 0 aromatic carbocycles. The van der Waals surface area contributed by atoms with Crippen molar-refractivity contribution in [1.29, 1.82) is 0 Å². The fourth-order valence-electron chi connectivity index (χ4n) is 8.06. The van der Waals surface area contributed by atoms with Crippen LogP contribution in [0, 0.1) is 46.3 Å². The Balaban J connectivity index is 1.61. The number of ketones is 1. The van der Waals surface area contributed by atoms with Crippen LogP contribution in [0.1, 0.15) is 85.5 Å². The SMILES string of the molecule is CC(=O)CCC(C)C1CCC2[C]3C(O)C[C]4CC(O)CCC4(C)C3CC(O)C21C. The number of fused-ring (bicyclic) bond motifs is 5. The minimum atomic E-state index is -0.434. The van der Waals surface area contributed by atoms with E-state index in [9.17, 15) is 20.1 Å². The predicted molar refractivity (Wildman–Crippen MR) is 113 cm³/mol. The number of rotatable bonds is 4. The van der Waals surface area contributed by atoms with Gasteiger partial charge in [0.15, 0.2) is 0 Å². The van der Waals surface area contributed by atoms with Gasteiger partial charge in [-0.1, -0.05) is 20.8 Å². The molecule has 0 spiro atoms. The van der Waals surface area contributed by atoms with Gasteiger partial charge in [0.2, 0.25) is 0 Å². The lowest BCUT2D eigenvalue weighted by Crippen LogP contribution is -2.61. The third kappa shape index (κ3) is 3.32. The summed E-state index contributed by atoms with van der Waals surface area (Å²) in [5, 5.41) is 32.9. The molecule has 0 heterocycles. The maximum Gasteiger partial charge on any atom is 0.129 e. The van der Waals surface area contributed by atoms with Gasteiger partial charge in [-0.15, -0.1) is 0 Å². The molecule has 4 heteroatoms. The first-order chi connectivity index (χ1) is 13.6. The van der Waals surface area contributed by atoms with Crippen LogP contribution in [0.4, 0.5) is 0 Å². The first kappa shape index (κ1) is 21.8. The van der Waals surface area contributed by atoms with Crippen LogP contribution < -0.4 is 0 Å². The second-order valence-corrected chi connectivity index (χ2v) is 11.3. The summed E-state index contributed by atoms with van der Waals surface area (Å²) in [5.41, 5.74) is -0.195. The number of hydrogen-bond donors (Lipinski definition) is 3. The first-order valence-corrected chi connectivity index (χ1v) is 11.8. The molecular weight excluding hydrogens is 364 g/mol. The van der Waals surface area contributed by atoms with Crippen LogP contribution >= 0.6 is 0 Å². The molecule has 9 unspecified atom stereocenters. The number of carbonyl (C=O) groups excluding carboxylic acids is 1. The van der Waals surface area contributed by atoms with Gasteiger partial charge in [-0.05, 0) is 93.3 Å². The van der Waals surface area contributed by atoms with E-state index in [2.05, 4.69) is 20.8 Å². The molecule has 4 aliphatic rings. The topological polar surface area (TPSA) is 77.8 Å². The first-order valence-electron chi connectivity index (χ1n) is 11.8. The van der Waals surface area contributed by atoms with E-state index in [-0.39, 0.29) is 40.7 Å². The predicted octanol–water partition coefficient (Wildman–Crippen LogP) is 3.87. The van der Waals surface area contributed by atoms with Gasteiger partial charge in [-0.3, -0.25) is 0 Å². The van der Waals surface area contributed by atoms with Crippen LogP contribution in [0.25, 0.3) is 0 Å². The molecule has 4 saturated carbocycles. The van der Waals surface area contributed by atoms with Crippen LogP contribution in [-0.2, 0) is 4.79 Å². The standard InChI is InChI=1S/C25H40O4/c1-14(5-6-15(2)26)18-7-8-19-23-20(13-22(29)25(18,19)4)24(3)10-9-17(27)11-16(24)12-21(23)28/h14,17-22,27-29H,5-13H2,1-4H3. The number of hydrogen-bond acceptors (Lipinski definition) is 4. The van der Waals surface area contributed by atoms with Crippen molar-refractivity contribution in [2.75, 3.05) is 0 Å². The quantitative estimate of drug-likeness (QED) is 0.665. The van der Waals surface area contributed by atoms with Gasteiger partial charge in [0.25, 0.3) is 0 Å². The van der Waals surface area contributed by atoms with E-state index in [0.717, 1.165) is 38.5 Å². The Bertz CT molecular complexity index is 634. The van der Waals surface area contributed by atoms with Gasteiger partial charge in [0.05, 0.1) is 18.3 Å². The van der Waals surface area contributed by atoms with Gasteiger partial charge in [0, 0.05) is 17.8 Å². The second-order valence-electron chi connectivity index (χ2n) is 11.3. The van der Waals surface area contributed by atoms with Crippen molar-refractivity contribution < 1.29 is 20.1 Å². The highest BCUT2D eigenvalue weighted by Gasteiger charge is 2.66. The Hall–Kier alpha value is -0.450. The fraction of sp³-hybridized carbons (Fsp3) is 0.880. The monoisotopic (exact) mass is 404 g/mol. The smallest absolute Gasteiger partial charge is 0.129 e. The number of carbonyl (C=O) groups is 1. The van der Waals surface area contributed by atoms with Gasteiger partial charge < -0.3 is 20.1 Å². The van der Waals surface area contributed by atoms with E-state index >= 15 is 0 Å². The molecule has 4 fully saturated rings. The zero-order chi connectivity index (χ0) is 21.1. The summed E-state index contributed by atoms with van der Waals surface area (Å²) in [6.45, 7) is 8.49. The number of aliphatic hydroxyl groups is 3. The molecule has 0 amide bonds. The highest BCUT2D eigenvalue weighted by molar-refractivity contribution is 5.75.